The number of nitro benzene ring substituents is 1. The summed E-state index contributed by atoms with van der Waals surface area (Å²) in [5.74, 6) is -0.452. The van der Waals surface area contributed by atoms with Crippen molar-refractivity contribution in [3.8, 4) is 11.5 Å². The Morgan fingerprint density at radius 2 is 1.93 bits per heavy atom. The highest BCUT2D eigenvalue weighted by molar-refractivity contribution is 9.10. The van der Waals surface area contributed by atoms with E-state index in [0.29, 0.717) is 22.6 Å². The monoisotopic (exact) mass is 459 g/mol. The van der Waals surface area contributed by atoms with Crippen molar-refractivity contribution in [2.24, 2.45) is 0 Å². The molecule has 0 fully saturated rings. The third kappa shape index (κ3) is 4.52. The molecule has 0 aromatic heterocycles. The van der Waals surface area contributed by atoms with Gasteiger partial charge in [0, 0.05) is 18.6 Å². The van der Waals surface area contributed by atoms with Crippen molar-refractivity contribution < 1.29 is 28.7 Å². The van der Waals surface area contributed by atoms with Crippen molar-refractivity contribution >= 4 is 45.4 Å². The fourth-order valence-electron chi connectivity index (χ4n) is 2.63. The summed E-state index contributed by atoms with van der Waals surface area (Å²) in [7, 11) is 1.55. The van der Waals surface area contributed by atoms with E-state index in [-0.39, 0.29) is 15.8 Å². The molecule has 0 atom stereocenters. The van der Waals surface area contributed by atoms with Gasteiger partial charge in [0.1, 0.15) is 11.5 Å². The summed E-state index contributed by atoms with van der Waals surface area (Å²) in [6, 6.07) is 9.68. The molecule has 0 N–H and O–H groups in total. The van der Waals surface area contributed by atoms with Crippen LogP contribution < -0.4 is 9.47 Å². The molecule has 0 bridgehead atoms. The molecular formula is C20H14BrNO7. The van der Waals surface area contributed by atoms with E-state index in [1.807, 2.05) is 0 Å². The number of halogens is 1. The summed E-state index contributed by atoms with van der Waals surface area (Å²) in [6.07, 6.45) is 3.00. The predicted molar refractivity (Wildman–Crippen MR) is 107 cm³/mol. The number of rotatable bonds is 5. The average molecular weight is 460 g/mol. The first-order valence-electron chi connectivity index (χ1n) is 8.25. The Morgan fingerprint density at radius 3 is 2.52 bits per heavy atom. The number of cyclic esters (lactones) is 1. The van der Waals surface area contributed by atoms with E-state index < -0.39 is 22.5 Å². The Hall–Kier alpha value is -3.46. The first-order valence-corrected chi connectivity index (χ1v) is 9.04. The number of benzene rings is 2. The van der Waals surface area contributed by atoms with Crippen LogP contribution in [0.15, 0.2) is 52.5 Å². The summed E-state index contributed by atoms with van der Waals surface area (Å²) in [5, 5.41) is 11.4. The topological polar surface area (TPSA) is 105 Å². The zero-order chi connectivity index (χ0) is 21.1. The van der Waals surface area contributed by atoms with Gasteiger partial charge in [-0.05, 0) is 64.0 Å². The second-order valence-corrected chi connectivity index (χ2v) is 6.78. The molecule has 2 aromatic rings. The zero-order valence-corrected chi connectivity index (χ0v) is 16.9. The Labute approximate surface area is 173 Å². The Kier molecular flexibility index (Phi) is 5.79. The van der Waals surface area contributed by atoms with E-state index in [4.69, 9.17) is 14.2 Å². The number of nitrogens with zero attached hydrogens (tertiary/aromatic N) is 1. The van der Waals surface area contributed by atoms with E-state index in [0.717, 1.165) is 6.92 Å². The number of methoxy groups -OCH3 is 1. The van der Waals surface area contributed by atoms with Gasteiger partial charge in [-0.1, -0.05) is 0 Å². The summed E-state index contributed by atoms with van der Waals surface area (Å²) in [4.78, 5) is 34.1. The van der Waals surface area contributed by atoms with E-state index in [1.54, 1.807) is 37.5 Å². The molecule has 1 heterocycles. The minimum atomic E-state index is -0.689. The first kappa shape index (κ1) is 20.3. The fourth-order valence-corrected chi connectivity index (χ4v) is 3.18. The molecule has 0 spiro atoms. The number of ether oxygens (including phenoxy) is 3. The second kappa shape index (κ2) is 8.27. The first-order chi connectivity index (χ1) is 13.8. The fraction of sp³-hybridized carbons (Fsp3) is 0.100. The van der Waals surface area contributed by atoms with Crippen LogP contribution in [0, 0.1) is 10.1 Å². The molecule has 8 nitrogen and oxygen atoms in total. The van der Waals surface area contributed by atoms with Gasteiger partial charge in [0.25, 0.3) is 0 Å². The minimum Gasteiger partial charge on any atom is -0.497 e. The summed E-state index contributed by atoms with van der Waals surface area (Å²) >= 11 is 3.17. The molecular weight excluding hydrogens is 446 g/mol. The maximum Gasteiger partial charge on any atom is 0.343 e. The van der Waals surface area contributed by atoms with Gasteiger partial charge in [0.15, 0.2) is 0 Å². The highest BCUT2D eigenvalue weighted by Gasteiger charge is 2.25. The van der Waals surface area contributed by atoms with Gasteiger partial charge in [-0.15, -0.1) is 0 Å². The van der Waals surface area contributed by atoms with Crippen molar-refractivity contribution in [1.29, 1.82) is 0 Å². The molecule has 9 heteroatoms. The lowest BCUT2D eigenvalue weighted by atomic mass is 10.1. The van der Waals surface area contributed by atoms with Crippen molar-refractivity contribution in [1.82, 2.24) is 0 Å². The molecule has 0 radical (unpaired) electrons. The van der Waals surface area contributed by atoms with Gasteiger partial charge in [0.05, 0.1) is 22.1 Å². The number of hydrogen-bond donors (Lipinski definition) is 0. The van der Waals surface area contributed by atoms with Crippen molar-refractivity contribution in [2.45, 2.75) is 6.92 Å². The largest absolute Gasteiger partial charge is 0.497 e. The normalized spacial score (nSPS) is 14.4. The Balaban J connectivity index is 1.98. The van der Waals surface area contributed by atoms with Gasteiger partial charge in [0.2, 0.25) is 5.75 Å². The van der Waals surface area contributed by atoms with Crippen LogP contribution in [-0.4, -0.2) is 24.0 Å². The van der Waals surface area contributed by atoms with E-state index in [2.05, 4.69) is 15.9 Å². The van der Waals surface area contributed by atoms with Gasteiger partial charge in [-0.25, -0.2) is 4.79 Å². The summed E-state index contributed by atoms with van der Waals surface area (Å²) < 4.78 is 15.5. The maximum absolute atomic E-state index is 12.2. The molecule has 2 aromatic carbocycles. The number of nitro groups is 1. The summed E-state index contributed by atoms with van der Waals surface area (Å²) in [5.41, 5.74) is 0.850. The maximum atomic E-state index is 12.2. The quantitative estimate of drug-likeness (QED) is 0.216. The lowest BCUT2D eigenvalue weighted by molar-refractivity contribution is -0.385. The van der Waals surface area contributed by atoms with Gasteiger partial charge in [-0.3, -0.25) is 14.9 Å². The van der Waals surface area contributed by atoms with E-state index in [9.17, 15) is 19.7 Å². The zero-order valence-electron chi connectivity index (χ0n) is 15.3. The predicted octanol–water partition coefficient (Wildman–Crippen LogP) is 4.27. The van der Waals surface area contributed by atoms with Gasteiger partial charge < -0.3 is 14.2 Å². The van der Waals surface area contributed by atoms with Crippen LogP contribution in [0.2, 0.25) is 0 Å². The molecule has 0 saturated heterocycles. The molecule has 0 saturated carbocycles. The molecule has 29 heavy (non-hydrogen) atoms. The lowest BCUT2D eigenvalue weighted by Crippen LogP contribution is -2.05. The van der Waals surface area contributed by atoms with Gasteiger partial charge >= 0.3 is 17.6 Å². The number of esters is 2. The van der Waals surface area contributed by atoms with Crippen LogP contribution in [0.5, 0.6) is 11.5 Å². The van der Waals surface area contributed by atoms with Crippen LogP contribution in [0.1, 0.15) is 18.1 Å². The Morgan fingerprint density at radius 1 is 1.24 bits per heavy atom. The molecule has 148 valence electrons. The van der Waals surface area contributed by atoms with Crippen LogP contribution in [0.25, 0.3) is 11.8 Å². The van der Waals surface area contributed by atoms with E-state index in [1.165, 1.54) is 18.2 Å². The molecule has 1 aliphatic rings. The Bertz CT molecular complexity index is 1070. The van der Waals surface area contributed by atoms with Crippen molar-refractivity contribution in [3.05, 3.63) is 73.8 Å². The van der Waals surface area contributed by atoms with Gasteiger partial charge in [-0.2, -0.15) is 0 Å². The number of carbonyl (C=O) groups excluding carboxylic acids is 2. The van der Waals surface area contributed by atoms with Crippen molar-refractivity contribution in [2.75, 3.05) is 7.11 Å². The number of carbonyl (C=O) groups is 2. The second-order valence-electron chi connectivity index (χ2n) is 5.93. The third-order valence-corrected chi connectivity index (χ3v) is 4.50. The standard InChI is InChI=1S/C20H14BrNO7/c1-11(23)28-19-16(21)8-12(9-17(19)22(25)26)7-14-10-18(29-20(14)24)13-3-5-15(27-2)6-4-13/h3-10H,1-2H3/b14-7-. The average Bonchev–Trinajstić information content (AvgIpc) is 3.03. The molecule has 3 rings (SSSR count). The lowest BCUT2D eigenvalue weighted by Gasteiger charge is -2.06. The van der Waals surface area contributed by atoms with E-state index >= 15 is 0 Å². The van der Waals surface area contributed by atoms with Crippen LogP contribution in [0.3, 0.4) is 0 Å². The highest BCUT2D eigenvalue weighted by Crippen LogP contribution is 2.38. The summed E-state index contributed by atoms with van der Waals surface area (Å²) in [6.45, 7) is 1.14. The smallest absolute Gasteiger partial charge is 0.343 e. The highest BCUT2D eigenvalue weighted by atomic mass is 79.9. The molecule has 0 aliphatic carbocycles. The van der Waals surface area contributed by atoms with Crippen LogP contribution in [0.4, 0.5) is 5.69 Å². The van der Waals surface area contributed by atoms with Crippen LogP contribution >= 0.6 is 15.9 Å². The SMILES string of the molecule is COc1ccc(C2=C/C(=C/c3cc(Br)c(OC(C)=O)c([N+](=O)[O-])c3)C(=O)O2)cc1. The minimum absolute atomic E-state index is 0.201. The molecule has 0 amide bonds. The molecule has 0 unspecified atom stereocenters. The molecule has 1 aliphatic heterocycles. The number of hydrogen-bond acceptors (Lipinski definition) is 7. The third-order valence-electron chi connectivity index (χ3n) is 3.91. The van der Waals surface area contributed by atoms with Crippen molar-refractivity contribution in [3.63, 3.8) is 0 Å². The van der Waals surface area contributed by atoms with Crippen LogP contribution in [-0.2, 0) is 14.3 Å².